The molecule has 0 aliphatic heterocycles. The van der Waals surface area contributed by atoms with Crippen LogP contribution < -0.4 is 10.0 Å². The lowest BCUT2D eigenvalue weighted by molar-refractivity contribution is -0.384. The Morgan fingerprint density at radius 2 is 1.96 bits per heavy atom. The Bertz CT molecular complexity index is 1060. The molecule has 1 aromatic carbocycles. The standard InChI is InChI=1S/C16H16N4O4S2/c1-11-2-7-16(25-11)26(23,24)18-9-8-17-15-6-3-12-10-13(20(21)22)4-5-14(12)19-15/h2-7,10,18H,8-9H2,1H3,(H,17,19). The predicted octanol–water partition coefficient (Wildman–Crippen LogP) is 2.90. The van der Waals surface area contributed by atoms with E-state index in [0.717, 1.165) is 4.88 Å². The number of nitrogens with zero attached hydrogens (tertiary/aromatic N) is 2. The van der Waals surface area contributed by atoms with E-state index in [9.17, 15) is 18.5 Å². The monoisotopic (exact) mass is 392 g/mol. The number of fused-ring (bicyclic) bond motifs is 1. The second-order valence-electron chi connectivity index (χ2n) is 5.52. The molecule has 0 aliphatic carbocycles. The molecule has 0 aliphatic rings. The number of hydrogen-bond acceptors (Lipinski definition) is 7. The van der Waals surface area contributed by atoms with Crippen LogP contribution in [0.3, 0.4) is 0 Å². The average molecular weight is 392 g/mol. The van der Waals surface area contributed by atoms with Crippen molar-refractivity contribution in [3.05, 3.63) is 57.5 Å². The molecule has 10 heteroatoms. The Morgan fingerprint density at radius 1 is 1.15 bits per heavy atom. The van der Waals surface area contributed by atoms with Gasteiger partial charge in [-0.15, -0.1) is 11.3 Å². The number of nitrogens with one attached hydrogen (secondary N) is 2. The molecule has 0 bridgehead atoms. The Hall–Kier alpha value is -2.56. The van der Waals surface area contributed by atoms with Crippen LogP contribution in [0, 0.1) is 17.0 Å². The molecule has 0 spiro atoms. The molecule has 8 nitrogen and oxygen atoms in total. The molecule has 3 aromatic rings. The maximum absolute atomic E-state index is 12.1. The highest BCUT2D eigenvalue weighted by Gasteiger charge is 2.15. The summed E-state index contributed by atoms with van der Waals surface area (Å²) in [6, 6.07) is 11.2. The third kappa shape index (κ3) is 4.15. The van der Waals surface area contributed by atoms with E-state index in [4.69, 9.17) is 0 Å². The van der Waals surface area contributed by atoms with Crippen molar-refractivity contribution in [2.45, 2.75) is 11.1 Å². The molecule has 0 fully saturated rings. The molecule has 2 aromatic heterocycles. The third-order valence-corrected chi connectivity index (χ3v) is 6.54. The minimum atomic E-state index is -3.50. The fourth-order valence-electron chi connectivity index (χ4n) is 2.33. The number of aromatic nitrogens is 1. The lowest BCUT2D eigenvalue weighted by atomic mass is 10.2. The zero-order valence-electron chi connectivity index (χ0n) is 13.8. The van der Waals surface area contributed by atoms with Gasteiger partial charge in [0, 0.05) is 35.5 Å². The summed E-state index contributed by atoms with van der Waals surface area (Å²) in [6.45, 7) is 2.42. The van der Waals surface area contributed by atoms with E-state index in [-0.39, 0.29) is 12.2 Å². The van der Waals surface area contributed by atoms with E-state index in [0.29, 0.717) is 27.5 Å². The lowest BCUT2D eigenvalue weighted by Gasteiger charge is -2.08. The second-order valence-corrected chi connectivity index (χ2v) is 8.80. The topological polar surface area (TPSA) is 114 Å². The van der Waals surface area contributed by atoms with E-state index in [2.05, 4.69) is 15.0 Å². The largest absolute Gasteiger partial charge is 0.369 e. The van der Waals surface area contributed by atoms with Gasteiger partial charge in [0.15, 0.2) is 0 Å². The van der Waals surface area contributed by atoms with Crippen molar-refractivity contribution in [1.29, 1.82) is 0 Å². The van der Waals surface area contributed by atoms with Crippen molar-refractivity contribution in [2.24, 2.45) is 0 Å². The molecule has 2 heterocycles. The molecule has 136 valence electrons. The summed E-state index contributed by atoms with van der Waals surface area (Å²) in [6.07, 6.45) is 0. The molecule has 26 heavy (non-hydrogen) atoms. The van der Waals surface area contributed by atoms with Crippen LogP contribution in [-0.4, -0.2) is 31.4 Å². The first-order valence-corrected chi connectivity index (χ1v) is 10.0. The molecule has 0 saturated carbocycles. The average Bonchev–Trinajstić information content (AvgIpc) is 3.05. The zero-order valence-corrected chi connectivity index (χ0v) is 15.4. The van der Waals surface area contributed by atoms with Crippen molar-refractivity contribution in [3.63, 3.8) is 0 Å². The van der Waals surface area contributed by atoms with E-state index >= 15 is 0 Å². The predicted molar refractivity (Wildman–Crippen MR) is 101 cm³/mol. The van der Waals surface area contributed by atoms with Gasteiger partial charge in [-0.2, -0.15) is 0 Å². The van der Waals surface area contributed by atoms with Crippen molar-refractivity contribution in [3.8, 4) is 0 Å². The first kappa shape index (κ1) is 18.2. The fraction of sp³-hybridized carbons (Fsp3) is 0.188. The number of nitro benzene ring substituents is 1. The van der Waals surface area contributed by atoms with Crippen LogP contribution in [0.25, 0.3) is 10.9 Å². The number of pyridine rings is 1. The van der Waals surface area contributed by atoms with E-state index in [1.54, 1.807) is 30.3 Å². The van der Waals surface area contributed by atoms with Gasteiger partial charge < -0.3 is 5.32 Å². The van der Waals surface area contributed by atoms with Crippen LogP contribution in [0.4, 0.5) is 11.5 Å². The summed E-state index contributed by atoms with van der Waals surface area (Å²) in [5, 5.41) is 14.5. The number of thiophene rings is 1. The number of non-ortho nitro benzene ring substituents is 1. The number of nitro groups is 1. The minimum absolute atomic E-state index is 0.0122. The van der Waals surface area contributed by atoms with Crippen LogP contribution in [0.1, 0.15) is 4.88 Å². The summed E-state index contributed by atoms with van der Waals surface area (Å²) < 4.78 is 27.1. The number of anilines is 1. The maximum atomic E-state index is 12.1. The zero-order chi connectivity index (χ0) is 18.7. The summed E-state index contributed by atoms with van der Waals surface area (Å²) >= 11 is 1.22. The van der Waals surface area contributed by atoms with Gasteiger partial charge in [0.1, 0.15) is 10.0 Å². The van der Waals surface area contributed by atoms with Gasteiger partial charge in [-0.1, -0.05) is 0 Å². The highest BCUT2D eigenvalue weighted by molar-refractivity contribution is 7.91. The summed E-state index contributed by atoms with van der Waals surface area (Å²) in [5.41, 5.74) is 0.633. The highest BCUT2D eigenvalue weighted by atomic mass is 32.2. The van der Waals surface area contributed by atoms with Gasteiger partial charge in [-0.3, -0.25) is 10.1 Å². The van der Waals surface area contributed by atoms with Crippen LogP contribution in [0.2, 0.25) is 0 Å². The molecule has 0 atom stereocenters. The fourth-order valence-corrected chi connectivity index (χ4v) is 4.69. The van der Waals surface area contributed by atoms with E-state index in [1.807, 2.05) is 6.92 Å². The minimum Gasteiger partial charge on any atom is -0.369 e. The summed E-state index contributed by atoms with van der Waals surface area (Å²) in [5.74, 6) is 0.567. The van der Waals surface area contributed by atoms with Crippen LogP contribution in [0.5, 0.6) is 0 Å². The maximum Gasteiger partial charge on any atom is 0.270 e. The van der Waals surface area contributed by atoms with Gasteiger partial charge in [0.05, 0.1) is 10.4 Å². The van der Waals surface area contributed by atoms with Crippen molar-refractivity contribution >= 4 is 43.8 Å². The third-order valence-electron chi connectivity index (χ3n) is 3.59. The van der Waals surface area contributed by atoms with E-state index < -0.39 is 14.9 Å². The van der Waals surface area contributed by atoms with E-state index in [1.165, 1.54) is 23.5 Å². The highest BCUT2D eigenvalue weighted by Crippen LogP contribution is 2.21. The molecule has 0 saturated heterocycles. The molecule has 3 rings (SSSR count). The molecule has 0 radical (unpaired) electrons. The number of sulfonamides is 1. The first-order valence-electron chi connectivity index (χ1n) is 7.70. The van der Waals surface area contributed by atoms with Crippen molar-refractivity contribution in [1.82, 2.24) is 9.71 Å². The van der Waals surface area contributed by atoms with Crippen LogP contribution in [-0.2, 0) is 10.0 Å². The Balaban J connectivity index is 1.59. The van der Waals surface area contributed by atoms with Crippen molar-refractivity contribution in [2.75, 3.05) is 18.4 Å². The molecular formula is C16H16N4O4S2. The number of hydrogen-bond donors (Lipinski definition) is 2. The van der Waals surface area contributed by atoms with Crippen LogP contribution in [0.15, 0.2) is 46.7 Å². The van der Waals surface area contributed by atoms with Crippen LogP contribution >= 0.6 is 11.3 Å². The number of benzene rings is 1. The van der Waals surface area contributed by atoms with Gasteiger partial charge in [-0.25, -0.2) is 18.1 Å². The van der Waals surface area contributed by atoms with Gasteiger partial charge in [0.25, 0.3) is 5.69 Å². The Kier molecular flexibility index (Phi) is 5.16. The summed E-state index contributed by atoms with van der Waals surface area (Å²) in [7, 11) is -3.50. The quantitative estimate of drug-likeness (QED) is 0.363. The summed E-state index contributed by atoms with van der Waals surface area (Å²) in [4.78, 5) is 15.6. The Labute approximate surface area is 154 Å². The smallest absolute Gasteiger partial charge is 0.270 e. The molecule has 0 unspecified atom stereocenters. The number of rotatable bonds is 7. The SMILES string of the molecule is Cc1ccc(S(=O)(=O)NCCNc2ccc3cc([N+](=O)[O-])ccc3n2)s1. The van der Waals surface area contributed by atoms with Gasteiger partial charge in [0.2, 0.25) is 10.0 Å². The van der Waals surface area contributed by atoms with Crippen molar-refractivity contribution < 1.29 is 13.3 Å². The van der Waals surface area contributed by atoms with Gasteiger partial charge in [-0.05, 0) is 37.3 Å². The second kappa shape index (κ2) is 7.36. The van der Waals surface area contributed by atoms with Gasteiger partial charge >= 0.3 is 0 Å². The Morgan fingerprint density at radius 3 is 2.65 bits per heavy atom. The molecule has 2 N–H and O–H groups in total. The number of aryl methyl sites for hydroxylation is 1. The lowest BCUT2D eigenvalue weighted by Crippen LogP contribution is -2.28. The molecular weight excluding hydrogens is 376 g/mol. The first-order chi connectivity index (χ1) is 12.3. The normalized spacial score (nSPS) is 11.6. The molecule has 0 amide bonds.